The smallest absolute Gasteiger partial charge is 0.331 e. The van der Waals surface area contributed by atoms with Crippen LogP contribution in [0, 0.1) is 0 Å². The molecule has 4 nitrogen and oxygen atoms in total. The second-order valence-electron chi connectivity index (χ2n) is 3.72. The first-order chi connectivity index (χ1) is 8.71. The Hall–Kier alpha value is -1.97. The number of anilines is 2. The third-order valence-corrected chi connectivity index (χ3v) is 2.67. The van der Waals surface area contributed by atoms with E-state index in [1.807, 2.05) is 12.1 Å². The molecule has 4 heteroatoms. The van der Waals surface area contributed by atoms with Crippen molar-refractivity contribution in [3.63, 3.8) is 0 Å². The van der Waals surface area contributed by atoms with Crippen molar-refractivity contribution in [2.75, 3.05) is 30.4 Å². The van der Waals surface area contributed by atoms with E-state index in [9.17, 15) is 4.79 Å². The lowest BCUT2D eigenvalue weighted by molar-refractivity contribution is -0.134. The summed E-state index contributed by atoms with van der Waals surface area (Å²) in [6, 6.07) is 8.08. The second kappa shape index (κ2) is 7.37. The predicted molar refractivity (Wildman–Crippen MR) is 74.8 cm³/mol. The van der Waals surface area contributed by atoms with Gasteiger partial charge in [-0.15, -0.1) is 0 Å². The van der Waals surface area contributed by atoms with Gasteiger partial charge in [0.05, 0.1) is 7.11 Å². The fraction of sp³-hybridized carbons (Fsp3) is 0.357. The van der Waals surface area contributed by atoms with E-state index in [-0.39, 0.29) is 5.97 Å². The molecule has 1 aromatic carbocycles. The Kier molecular flexibility index (Phi) is 5.77. The fourth-order valence-corrected chi connectivity index (χ4v) is 1.63. The lowest BCUT2D eigenvalue weighted by Gasteiger charge is -2.21. The minimum atomic E-state index is -0.373. The first-order valence-corrected chi connectivity index (χ1v) is 6.07. The molecule has 0 heterocycles. The van der Waals surface area contributed by atoms with E-state index >= 15 is 0 Å². The van der Waals surface area contributed by atoms with Crippen LogP contribution < -0.4 is 10.2 Å². The molecule has 0 amide bonds. The van der Waals surface area contributed by atoms with E-state index < -0.39 is 0 Å². The molecular formula is C14H20N2O2. The molecule has 0 unspecified atom stereocenters. The summed E-state index contributed by atoms with van der Waals surface area (Å²) in [5.41, 5.74) is 2.13. The standard InChI is InChI=1S/C14H20N2O2/c1-4-16(5-2)13-8-6-12(7-9-13)15-11-10-14(17)18-3/h6-11,15H,4-5H2,1-3H3/b11-10+. The van der Waals surface area contributed by atoms with Crippen LogP contribution in [0.3, 0.4) is 0 Å². The minimum Gasteiger partial charge on any atom is -0.466 e. The van der Waals surface area contributed by atoms with Gasteiger partial charge in [0.1, 0.15) is 0 Å². The topological polar surface area (TPSA) is 41.6 Å². The van der Waals surface area contributed by atoms with E-state index in [1.54, 1.807) is 6.20 Å². The minimum absolute atomic E-state index is 0.373. The van der Waals surface area contributed by atoms with Gasteiger partial charge in [0.25, 0.3) is 0 Å². The van der Waals surface area contributed by atoms with Crippen LogP contribution in [0.25, 0.3) is 0 Å². The Morgan fingerprint density at radius 3 is 2.39 bits per heavy atom. The van der Waals surface area contributed by atoms with Crippen molar-refractivity contribution < 1.29 is 9.53 Å². The number of carbonyl (C=O) groups is 1. The summed E-state index contributed by atoms with van der Waals surface area (Å²) in [7, 11) is 1.35. The molecule has 0 saturated heterocycles. The highest BCUT2D eigenvalue weighted by atomic mass is 16.5. The maximum absolute atomic E-state index is 10.9. The quantitative estimate of drug-likeness (QED) is 0.620. The Balaban J connectivity index is 2.60. The molecule has 0 saturated carbocycles. The van der Waals surface area contributed by atoms with Crippen LogP contribution in [0.4, 0.5) is 11.4 Å². The lowest BCUT2D eigenvalue weighted by atomic mass is 10.2. The van der Waals surface area contributed by atoms with Crippen LogP contribution in [-0.2, 0) is 9.53 Å². The number of methoxy groups -OCH3 is 1. The summed E-state index contributed by atoms with van der Waals surface area (Å²) in [5.74, 6) is -0.373. The highest BCUT2D eigenvalue weighted by Gasteiger charge is 2.00. The van der Waals surface area contributed by atoms with Crippen molar-refractivity contribution in [1.29, 1.82) is 0 Å². The van der Waals surface area contributed by atoms with Gasteiger partial charge in [-0.1, -0.05) is 0 Å². The predicted octanol–water partition coefficient (Wildman–Crippen LogP) is 2.63. The molecule has 0 aromatic heterocycles. The molecule has 0 atom stereocenters. The number of nitrogens with one attached hydrogen (secondary N) is 1. The summed E-state index contributed by atoms with van der Waals surface area (Å²) < 4.78 is 4.50. The van der Waals surface area contributed by atoms with Crippen LogP contribution in [-0.4, -0.2) is 26.2 Å². The van der Waals surface area contributed by atoms with Gasteiger partial charge in [0, 0.05) is 36.7 Å². The molecule has 0 fully saturated rings. The van der Waals surface area contributed by atoms with E-state index in [2.05, 4.69) is 40.9 Å². The van der Waals surface area contributed by atoms with Crippen molar-refractivity contribution in [2.45, 2.75) is 13.8 Å². The molecule has 0 spiro atoms. The number of rotatable bonds is 6. The maximum atomic E-state index is 10.9. The molecule has 0 aliphatic rings. The Labute approximate surface area is 108 Å². The van der Waals surface area contributed by atoms with Crippen LogP contribution in [0.1, 0.15) is 13.8 Å². The summed E-state index contributed by atoms with van der Waals surface area (Å²) in [4.78, 5) is 13.1. The normalized spacial score (nSPS) is 10.4. The van der Waals surface area contributed by atoms with Crippen LogP contribution >= 0.6 is 0 Å². The number of carbonyl (C=O) groups excluding carboxylic acids is 1. The summed E-state index contributed by atoms with van der Waals surface area (Å²) >= 11 is 0. The molecule has 0 radical (unpaired) electrons. The van der Waals surface area contributed by atoms with Gasteiger partial charge in [-0.2, -0.15) is 0 Å². The second-order valence-corrected chi connectivity index (χ2v) is 3.72. The average molecular weight is 248 g/mol. The van der Waals surface area contributed by atoms with Gasteiger partial charge in [0.2, 0.25) is 0 Å². The molecule has 98 valence electrons. The van der Waals surface area contributed by atoms with Gasteiger partial charge < -0.3 is 15.0 Å². The molecule has 1 aromatic rings. The first kappa shape index (κ1) is 14.1. The van der Waals surface area contributed by atoms with E-state index in [0.717, 1.165) is 18.8 Å². The number of benzene rings is 1. The summed E-state index contributed by atoms with van der Waals surface area (Å²) in [6.45, 7) is 6.25. The summed E-state index contributed by atoms with van der Waals surface area (Å²) in [6.07, 6.45) is 2.91. The zero-order valence-electron chi connectivity index (χ0n) is 11.1. The zero-order chi connectivity index (χ0) is 13.4. The van der Waals surface area contributed by atoms with Crippen molar-refractivity contribution >= 4 is 17.3 Å². The van der Waals surface area contributed by atoms with Crippen molar-refractivity contribution in [2.24, 2.45) is 0 Å². The lowest BCUT2D eigenvalue weighted by Crippen LogP contribution is -2.21. The monoisotopic (exact) mass is 248 g/mol. The first-order valence-electron chi connectivity index (χ1n) is 6.07. The van der Waals surface area contributed by atoms with Gasteiger partial charge in [-0.05, 0) is 38.1 Å². The van der Waals surface area contributed by atoms with Crippen LogP contribution in [0.15, 0.2) is 36.5 Å². The third kappa shape index (κ3) is 4.13. The highest BCUT2D eigenvalue weighted by molar-refractivity contribution is 5.82. The number of nitrogens with zero attached hydrogens (tertiary/aromatic N) is 1. The largest absolute Gasteiger partial charge is 0.466 e. The molecule has 0 bridgehead atoms. The number of hydrogen-bond acceptors (Lipinski definition) is 4. The molecule has 1 rings (SSSR count). The van der Waals surface area contributed by atoms with Crippen molar-refractivity contribution in [3.05, 3.63) is 36.5 Å². The summed E-state index contributed by atoms with van der Waals surface area (Å²) in [5, 5.41) is 3.01. The van der Waals surface area contributed by atoms with E-state index in [0.29, 0.717) is 0 Å². The Morgan fingerprint density at radius 2 is 1.89 bits per heavy atom. The number of ether oxygens (including phenoxy) is 1. The maximum Gasteiger partial charge on any atom is 0.331 e. The van der Waals surface area contributed by atoms with Gasteiger partial charge >= 0.3 is 5.97 Å². The molecular weight excluding hydrogens is 228 g/mol. The third-order valence-electron chi connectivity index (χ3n) is 2.67. The van der Waals surface area contributed by atoms with Gasteiger partial charge in [0.15, 0.2) is 0 Å². The average Bonchev–Trinajstić information content (AvgIpc) is 2.41. The molecule has 18 heavy (non-hydrogen) atoms. The van der Waals surface area contributed by atoms with Crippen LogP contribution in [0.2, 0.25) is 0 Å². The zero-order valence-corrected chi connectivity index (χ0v) is 11.1. The number of hydrogen-bond donors (Lipinski definition) is 1. The van der Waals surface area contributed by atoms with Gasteiger partial charge in [-0.25, -0.2) is 4.79 Å². The van der Waals surface area contributed by atoms with Crippen LogP contribution in [0.5, 0.6) is 0 Å². The molecule has 0 aliphatic carbocycles. The van der Waals surface area contributed by atoms with E-state index in [4.69, 9.17) is 0 Å². The SMILES string of the molecule is CCN(CC)c1ccc(N/C=C/C(=O)OC)cc1. The molecule has 0 aliphatic heterocycles. The number of esters is 1. The Bertz CT molecular complexity index is 395. The Morgan fingerprint density at radius 1 is 1.28 bits per heavy atom. The molecule has 1 N–H and O–H groups in total. The van der Waals surface area contributed by atoms with Crippen molar-refractivity contribution in [1.82, 2.24) is 0 Å². The fourth-order valence-electron chi connectivity index (χ4n) is 1.63. The van der Waals surface area contributed by atoms with E-state index in [1.165, 1.54) is 18.9 Å². The van der Waals surface area contributed by atoms with Gasteiger partial charge in [-0.3, -0.25) is 0 Å². The highest BCUT2D eigenvalue weighted by Crippen LogP contribution is 2.17. The van der Waals surface area contributed by atoms with Crippen molar-refractivity contribution in [3.8, 4) is 0 Å².